The van der Waals surface area contributed by atoms with Crippen molar-refractivity contribution in [1.29, 1.82) is 0 Å². The summed E-state index contributed by atoms with van der Waals surface area (Å²) in [4.78, 5) is 11.3. The van der Waals surface area contributed by atoms with E-state index in [0.717, 1.165) is 29.6 Å². The first-order valence-corrected chi connectivity index (χ1v) is 6.85. The number of hydrogen-bond donors (Lipinski definition) is 0. The van der Waals surface area contributed by atoms with Crippen LogP contribution in [0.4, 0.5) is 0 Å². The van der Waals surface area contributed by atoms with Crippen molar-refractivity contribution < 1.29 is 9.53 Å². The topological polar surface area (TPSA) is 26.3 Å². The Labute approximate surface area is 117 Å². The summed E-state index contributed by atoms with van der Waals surface area (Å²) in [7, 11) is 1.66. The lowest BCUT2D eigenvalue weighted by atomic mass is 9.76. The molecule has 1 aromatic carbocycles. The molecule has 0 atom stereocenters. The van der Waals surface area contributed by atoms with Gasteiger partial charge in [-0.2, -0.15) is 0 Å². The lowest BCUT2D eigenvalue weighted by Crippen LogP contribution is -2.21. The molecule has 0 aromatic heterocycles. The molecule has 1 rings (SSSR count). The minimum absolute atomic E-state index is 0.0345. The molecular weight excluding hydrogens is 236 g/mol. The number of methoxy groups -OCH3 is 1. The molecule has 0 saturated carbocycles. The zero-order chi connectivity index (χ0) is 14.8. The van der Waals surface area contributed by atoms with Crippen LogP contribution in [0.25, 0.3) is 0 Å². The largest absolute Gasteiger partial charge is 0.496 e. The number of carbonyl (C=O) groups excluding carboxylic acids is 1. The van der Waals surface area contributed by atoms with Gasteiger partial charge in [0.25, 0.3) is 0 Å². The van der Waals surface area contributed by atoms with Crippen molar-refractivity contribution in [2.45, 2.75) is 58.8 Å². The second-order valence-electron chi connectivity index (χ2n) is 6.75. The van der Waals surface area contributed by atoms with Gasteiger partial charge in [-0.05, 0) is 28.9 Å². The molecule has 1 aromatic rings. The maximum atomic E-state index is 11.3. The fourth-order valence-electron chi connectivity index (χ4n) is 2.23. The normalized spacial score (nSPS) is 12.4. The van der Waals surface area contributed by atoms with Crippen LogP contribution in [0.15, 0.2) is 12.1 Å². The molecule has 0 fully saturated rings. The summed E-state index contributed by atoms with van der Waals surface area (Å²) in [6.07, 6.45) is 1.94. The first-order chi connectivity index (χ1) is 8.67. The van der Waals surface area contributed by atoms with Crippen molar-refractivity contribution in [2.75, 3.05) is 7.11 Å². The molecule has 19 heavy (non-hydrogen) atoms. The van der Waals surface area contributed by atoms with Crippen molar-refractivity contribution in [3.05, 3.63) is 28.8 Å². The first-order valence-electron chi connectivity index (χ1n) is 6.85. The zero-order valence-electron chi connectivity index (χ0n) is 13.3. The van der Waals surface area contributed by atoms with Gasteiger partial charge in [0.1, 0.15) is 12.0 Å². The highest BCUT2D eigenvalue weighted by Crippen LogP contribution is 2.38. The van der Waals surface area contributed by atoms with Gasteiger partial charge in [0.05, 0.1) is 7.11 Å². The third-order valence-electron chi connectivity index (χ3n) is 3.92. The summed E-state index contributed by atoms with van der Waals surface area (Å²) in [6, 6.07) is 4.02. The molecule has 0 radical (unpaired) electrons. The Hall–Kier alpha value is -1.31. The highest BCUT2D eigenvalue weighted by atomic mass is 16.5. The van der Waals surface area contributed by atoms with Crippen LogP contribution in [-0.4, -0.2) is 13.4 Å². The Morgan fingerprint density at radius 3 is 2.05 bits per heavy atom. The van der Waals surface area contributed by atoms with Crippen LogP contribution in [0.1, 0.15) is 69.4 Å². The second-order valence-corrected chi connectivity index (χ2v) is 6.75. The number of benzene rings is 1. The molecule has 0 spiro atoms. The molecule has 106 valence electrons. The SMILES string of the molecule is CCC(C)(C)c1cc(C(C)(C)C)c(C=O)cc1OC. The maximum absolute atomic E-state index is 11.3. The van der Waals surface area contributed by atoms with Crippen molar-refractivity contribution in [2.24, 2.45) is 0 Å². The standard InChI is InChI=1S/C17H26O2/c1-8-17(5,6)14-10-13(16(2,3)4)12(11-18)9-15(14)19-7/h9-11H,8H2,1-7H3. The fourth-order valence-corrected chi connectivity index (χ4v) is 2.23. The van der Waals surface area contributed by atoms with Gasteiger partial charge in [0, 0.05) is 11.1 Å². The van der Waals surface area contributed by atoms with Crippen LogP contribution >= 0.6 is 0 Å². The molecule has 0 unspecified atom stereocenters. The molecular formula is C17H26O2. The van der Waals surface area contributed by atoms with E-state index in [2.05, 4.69) is 47.6 Å². The van der Waals surface area contributed by atoms with E-state index in [4.69, 9.17) is 4.74 Å². The van der Waals surface area contributed by atoms with Crippen molar-refractivity contribution in [3.8, 4) is 5.75 Å². The number of rotatable bonds is 4. The highest BCUT2D eigenvalue weighted by Gasteiger charge is 2.27. The van der Waals surface area contributed by atoms with Gasteiger partial charge in [0.2, 0.25) is 0 Å². The van der Waals surface area contributed by atoms with E-state index in [1.165, 1.54) is 5.56 Å². The van der Waals surface area contributed by atoms with Gasteiger partial charge in [-0.1, -0.05) is 47.6 Å². The molecule has 0 aliphatic carbocycles. The van der Waals surface area contributed by atoms with E-state index in [9.17, 15) is 4.79 Å². The Bertz CT molecular complexity index is 465. The lowest BCUT2D eigenvalue weighted by Gasteiger charge is -2.30. The number of aldehydes is 1. The van der Waals surface area contributed by atoms with Crippen molar-refractivity contribution in [3.63, 3.8) is 0 Å². The van der Waals surface area contributed by atoms with E-state index in [1.807, 2.05) is 6.07 Å². The Morgan fingerprint density at radius 1 is 1.11 bits per heavy atom. The third-order valence-corrected chi connectivity index (χ3v) is 3.92. The lowest BCUT2D eigenvalue weighted by molar-refractivity contribution is 0.112. The summed E-state index contributed by atoms with van der Waals surface area (Å²) in [5.41, 5.74) is 2.96. The Kier molecular flexibility index (Phi) is 4.44. The third kappa shape index (κ3) is 3.17. The van der Waals surface area contributed by atoms with E-state index >= 15 is 0 Å². The second kappa shape index (κ2) is 5.36. The van der Waals surface area contributed by atoms with E-state index in [0.29, 0.717) is 0 Å². The van der Waals surface area contributed by atoms with E-state index in [1.54, 1.807) is 7.11 Å². The predicted molar refractivity (Wildman–Crippen MR) is 80.4 cm³/mol. The molecule has 0 heterocycles. The van der Waals surface area contributed by atoms with Crippen LogP contribution in [0.3, 0.4) is 0 Å². The first kappa shape index (κ1) is 15.7. The molecule has 0 aliphatic rings. The van der Waals surface area contributed by atoms with Crippen molar-refractivity contribution >= 4 is 6.29 Å². The average molecular weight is 262 g/mol. The van der Waals surface area contributed by atoms with Gasteiger partial charge in [0.15, 0.2) is 0 Å². The average Bonchev–Trinajstić information content (AvgIpc) is 2.35. The van der Waals surface area contributed by atoms with Gasteiger partial charge in [-0.15, -0.1) is 0 Å². The molecule has 0 amide bonds. The Morgan fingerprint density at radius 2 is 1.68 bits per heavy atom. The predicted octanol–water partition coefficient (Wildman–Crippen LogP) is 4.49. The molecule has 0 bridgehead atoms. The summed E-state index contributed by atoms with van der Waals surface area (Å²) < 4.78 is 5.48. The number of hydrogen-bond acceptors (Lipinski definition) is 2. The van der Waals surface area contributed by atoms with Crippen molar-refractivity contribution in [1.82, 2.24) is 0 Å². The molecule has 2 nitrogen and oxygen atoms in total. The minimum Gasteiger partial charge on any atom is -0.496 e. The summed E-state index contributed by atoms with van der Waals surface area (Å²) >= 11 is 0. The minimum atomic E-state index is -0.0545. The van der Waals surface area contributed by atoms with Gasteiger partial charge >= 0.3 is 0 Å². The number of ether oxygens (including phenoxy) is 1. The van der Waals surface area contributed by atoms with Crippen LogP contribution in [0, 0.1) is 0 Å². The van der Waals surface area contributed by atoms with Gasteiger partial charge in [-0.3, -0.25) is 4.79 Å². The van der Waals surface area contributed by atoms with Gasteiger partial charge < -0.3 is 4.74 Å². The summed E-state index contributed by atoms with van der Waals surface area (Å²) in [6.45, 7) is 13.0. The quantitative estimate of drug-likeness (QED) is 0.747. The summed E-state index contributed by atoms with van der Waals surface area (Å²) in [5, 5.41) is 0. The highest BCUT2D eigenvalue weighted by molar-refractivity contribution is 5.79. The van der Waals surface area contributed by atoms with Gasteiger partial charge in [-0.25, -0.2) is 0 Å². The van der Waals surface area contributed by atoms with Crippen LogP contribution < -0.4 is 4.74 Å². The van der Waals surface area contributed by atoms with Crippen LogP contribution in [0.2, 0.25) is 0 Å². The van der Waals surface area contributed by atoms with E-state index in [-0.39, 0.29) is 10.8 Å². The molecule has 0 aliphatic heterocycles. The molecule has 0 saturated heterocycles. The number of carbonyl (C=O) groups is 1. The zero-order valence-corrected chi connectivity index (χ0v) is 13.3. The monoisotopic (exact) mass is 262 g/mol. The van der Waals surface area contributed by atoms with Crippen LogP contribution in [0.5, 0.6) is 5.75 Å². The fraction of sp³-hybridized carbons (Fsp3) is 0.588. The van der Waals surface area contributed by atoms with E-state index < -0.39 is 0 Å². The summed E-state index contributed by atoms with van der Waals surface area (Å²) in [5.74, 6) is 0.807. The Balaban J connectivity index is 3.60. The van der Waals surface area contributed by atoms with Crippen LogP contribution in [-0.2, 0) is 10.8 Å². The molecule has 0 N–H and O–H groups in total. The maximum Gasteiger partial charge on any atom is 0.150 e. The molecule has 2 heteroatoms. The smallest absolute Gasteiger partial charge is 0.150 e.